The van der Waals surface area contributed by atoms with E-state index in [1.807, 2.05) is 18.2 Å². The molecule has 38 heavy (non-hydrogen) atoms. The number of ketones is 1. The Bertz CT molecular complexity index is 1510. The van der Waals surface area contributed by atoms with Gasteiger partial charge in [0.2, 0.25) is 5.95 Å². The Kier molecular flexibility index (Phi) is 7.72. The summed E-state index contributed by atoms with van der Waals surface area (Å²) < 4.78 is 14.0. The van der Waals surface area contributed by atoms with Gasteiger partial charge < -0.3 is 18.9 Å². The Morgan fingerprint density at radius 1 is 1.18 bits per heavy atom. The van der Waals surface area contributed by atoms with Crippen LogP contribution in [0.3, 0.4) is 0 Å². The number of hydrogen-bond donors (Lipinski definition) is 2. The Morgan fingerprint density at radius 3 is 2.63 bits per heavy atom. The molecular weight excluding hydrogens is 500 g/mol. The van der Waals surface area contributed by atoms with Gasteiger partial charge >= 0.3 is 18.1 Å². The molecule has 0 saturated carbocycles. The van der Waals surface area contributed by atoms with Crippen molar-refractivity contribution in [1.29, 1.82) is 0 Å². The number of nitrogens with zero attached hydrogens (tertiary/aromatic N) is 4. The number of carbonyl (C=O) groups excluding carboxylic acids is 3. The Balaban J connectivity index is 0.000000186. The third kappa shape index (κ3) is 6.17. The molecule has 0 radical (unpaired) electrons. The fraction of sp³-hybridized carbons (Fsp3) is 0.125. The number of anilines is 1. The molecule has 0 bridgehead atoms. The minimum absolute atomic E-state index is 0.0698. The number of ether oxygens (including phenoxy) is 2. The molecule has 0 unspecified atom stereocenters. The summed E-state index contributed by atoms with van der Waals surface area (Å²) in [5.74, 6) is 0.0302. The molecule has 5 rings (SSSR count). The van der Waals surface area contributed by atoms with Crippen molar-refractivity contribution in [2.45, 2.75) is 0 Å². The molecule has 14 heteroatoms. The number of H-pyrrole nitrogens is 1. The largest absolute Gasteiger partial charge is 0.453 e. The summed E-state index contributed by atoms with van der Waals surface area (Å²) in [5, 5.41) is 17.6. The highest BCUT2D eigenvalue weighted by Gasteiger charge is 2.21. The summed E-state index contributed by atoms with van der Waals surface area (Å²) in [5.41, 5.74) is 2.48. The standard InChI is InChI=1S/C16H13N3O3.C8H7N3O5/c1-22-16(21)19-15-17-12-8-7-11(9-13(12)18-15)14(20)10-5-3-2-4-6-10;12-8-10(3-4-15-8)9-5-6-1-2-7(16-6)11(13)14/h2-9H,1H3,(H2,17,18,19,21);1-2,5H,3-4H2. The molecule has 1 saturated heterocycles. The van der Waals surface area contributed by atoms with Crippen molar-refractivity contribution < 1.29 is 33.2 Å². The van der Waals surface area contributed by atoms with Gasteiger partial charge in [-0.3, -0.25) is 20.2 Å². The highest BCUT2D eigenvalue weighted by atomic mass is 16.6. The van der Waals surface area contributed by atoms with Gasteiger partial charge in [-0.1, -0.05) is 30.3 Å². The van der Waals surface area contributed by atoms with Gasteiger partial charge in [-0.25, -0.2) is 14.6 Å². The number of aromatic amines is 1. The normalized spacial score (nSPS) is 12.7. The first-order valence-electron chi connectivity index (χ1n) is 11.0. The molecule has 1 aliphatic rings. The number of cyclic esters (lactones) is 1. The van der Waals surface area contributed by atoms with Crippen LogP contribution in [0.5, 0.6) is 0 Å². The molecule has 4 aromatic rings. The van der Waals surface area contributed by atoms with E-state index in [-0.39, 0.29) is 30.0 Å². The lowest BCUT2D eigenvalue weighted by Crippen LogP contribution is -2.17. The second-order valence-corrected chi connectivity index (χ2v) is 7.54. The molecule has 1 fully saturated rings. The molecule has 1 aliphatic heterocycles. The van der Waals surface area contributed by atoms with Gasteiger partial charge in [0.1, 0.15) is 11.5 Å². The lowest BCUT2D eigenvalue weighted by Gasteiger charge is -2.01. The highest BCUT2D eigenvalue weighted by molar-refractivity contribution is 6.10. The van der Waals surface area contributed by atoms with Gasteiger partial charge in [0.15, 0.2) is 11.5 Å². The first-order valence-corrected chi connectivity index (χ1v) is 11.0. The van der Waals surface area contributed by atoms with E-state index in [2.05, 4.69) is 29.9 Å². The van der Waals surface area contributed by atoms with Crippen LogP contribution in [-0.4, -0.2) is 64.3 Å². The lowest BCUT2D eigenvalue weighted by atomic mass is 10.0. The van der Waals surface area contributed by atoms with Crippen molar-refractivity contribution >= 4 is 47.1 Å². The molecule has 0 atom stereocenters. The number of amides is 2. The van der Waals surface area contributed by atoms with Crippen molar-refractivity contribution in [3.63, 3.8) is 0 Å². The first-order chi connectivity index (χ1) is 18.3. The maximum absolute atomic E-state index is 12.4. The van der Waals surface area contributed by atoms with Crippen molar-refractivity contribution in [3.8, 4) is 0 Å². The van der Waals surface area contributed by atoms with Crippen LogP contribution in [0.4, 0.5) is 21.4 Å². The number of furan rings is 1. The van der Waals surface area contributed by atoms with E-state index in [4.69, 9.17) is 4.42 Å². The molecule has 14 nitrogen and oxygen atoms in total. The zero-order valence-corrected chi connectivity index (χ0v) is 19.8. The Labute approximate surface area is 214 Å². The van der Waals surface area contributed by atoms with Crippen molar-refractivity contribution in [3.05, 3.63) is 87.7 Å². The van der Waals surface area contributed by atoms with Crippen LogP contribution in [0.1, 0.15) is 21.7 Å². The van der Waals surface area contributed by atoms with E-state index in [0.717, 1.165) is 5.01 Å². The summed E-state index contributed by atoms with van der Waals surface area (Å²) in [6, 6.07) is 16.8. The first kappa shape index (κ1) is 25.6. The lowest BCUT2D eigenvalue weighted by molar-refractivity contribution is -0.402. The molecule has 194 valence electrons. The number of nitrogens with one attached hydrogen (secondary N) is 2. The number of fused-ring (bicyclic) bond motifs is 1. The third-order valence-electron chi connectivity index (χ3n) is 5.04. The van der Waals surface area contributed by atoms with Crippen molar-refractivity contribution in [2.75, 3.05) is 25.6 Å². The van der Waals surface area contributed by atoms with Crippen LogP contribution in [0.2, 0.25) is 0 Å². The van der Waals surface area contributed by atoms with Crippen molar-refractivity contribution in [2.24, 2.45) is 5.10 Å². The van der Waals surface area contributed by atoms with Gasteiger partial charge in [-0.05, 0) is 24.3 Å². The van der Waals surface area contributed by atoms with Crippen LogP contribution in [0, 0.1) is 10.1 Å². The zero-order valence-electron chi connectivity index (χ0n) is 19.8. The highest BCUT2D eigenvalue weighted by Crippen LogP contribution is 2.19. The number of methoxy groups -OCH3 is 1. The molecule has 0 aliphatic carbocycles. The average molecular weight is 520 g/mol. The number of hydrazone groups is 1. The molecule has 3 heterocycles. The minimum atomic E-state index is -0.651. The molecular formula is C24H20N6O8. The Hall–Kier alpha value is -5.53. The maximum Gasteiger partial charge on any atom is 0.433 e. The average Bonchev–Trinajstić information content (AvgIpc) is 3.67. The number of rotatable bonds is 6. The summed E-state index contributed by atoms with van der Waals surface area (Å²) in [6.07, 6.45) is 0.0662. The summed E-state index contributed by atoms with van der Waals surface area (Å²) in [4.78, 5) is 51.3. The molecule has 2 amide bonds. The van der Waals surface area contributed by atoms with E-state index < -0.39 is 17.1 Å². The number of aromatic nitrogens is 2. The SMILES string of the molecule is COC(=O)Nc1nc2ccc(C(=O)c3ccccc3)cc2[nH]1.O=C1OCCN1N=Cc1ccc([N+](=O)[O-])o1. The van der Waals surface area contributed by atoms with Gasteiger partial charge in [0.05, 0.1) is 37.0 Å². The maximum atomic E-state index is 12.4. The number of hydrogen-bond acceptors (Lipinski definition) is 10. The number of imidazole rings is 1. The summed E-state index contributed by atoms with van der Waals surface area (Å²) in [7, 11) is 1.27. The van der Waals surface area contributed by atoms with E-state index in [1.165, 1.54) is 25.5 Å². The van der Waals surface area contributed by atoms with E-state index in [1.54, 1.807) is 30.3 Å². The second kappa shape index (κ2) is 11.5. The zero-order chi connectivity index (χ0) is 27.1. The monoisotopic (exact) mass is 520 g/mol. The number of nitro groups is 1. The van der Waals surface area contributed by atoms with Gasteiger partial charge in [0.25, 0.3) is 0 Å². The fourth-order valence-corrected chi connectivity index (χ4v) is 3.24. The fourth-order valence-electron chi connectivity index (χ4n) is 3.24. The molecule has 0 spiro atoms. The van der Waals surface area contributed by atoms with Crippen LogP contribution in [-0.2, 0) is 9.47 Å². The molecule has 2 N–H and O–H groups in total. The van der Waals surface area contributed by atoms with E-state index in [0.29, 0.717) is 28.7 Å². The second-order valence-electron chi connectivity index (χ2n) is 7.54. The van der Waals surface area contributed by atoms with Crippen molar-refractivity contribution in [1.82, 2.24) is 15.0 Å². The predicted octanol–water partition coefficient (Wildman–Crippen LogP) is 3.95. The molecule has 2 aromatic heterocycles. The predicted molar refractivity (Wildman–Crippen MR) is 133 cm³/mol. The number of carbonyl (C=O) groups is 3. The third-order valence-corrected chi connectivity index (χ3v) is 5.04. The van der Waals surface area contributed by atoms with Gasteiger partial charge in [0, 0.05) is 11.1 Å². The van der Waals surface area contributed by atoms with Gasteiger partial charge in [-0.2, -0.15) is 10.1 Å². The van der Waals surface area contributed by atoms with E-state index in [9.17, 15) is 24.5 Å². The van der Waals surface area contributed by atoms with Gasteiger partial charge in [-0.15, -0.1) is 0 Å². The summed E-state index contributed by atoms with van der Waals surface area (Å²) in [6.45, 7) is 0.645. The van der Waals surface area contributed by atoms with Crippen LogP contribution < -0.4 is 5.32 Å². The van der Waals surface area contributed by atoms with Crippen LogP contribution in [0.25, 0.3) is 11.0 Å². The number of benzene rings is 2. The quantitative estimate of drug-likeness (QED) is 0.164. The van der Waals surface area contributed by atoms with Crippen LogP contribution in [0.15, 0.2) is 70.2 Å². The summed E-state index contributed by atoms with van der Waals surface area (Å²) >= 11 is 0. The van der Waals surface area contributed by atoms with Crippen LogP contribution >= 0.6 is 0 Å². The Morgan fingerprint density at radius 2 is 1.97 bits per heavy atom. The smallest absolute Gasteiger partial charge is 0.433 e. The minimum Gasteiger partial charge on any atom is -0.453 e. The molecule has 2 aromatic carbocycles. The van der Waals surface area contributed by atoms with E-state index >= 15 is 0 Å². The topological polar surface area (TPSA) is 182 Å².